The second-order valence-electron chi connectivity index (χ2n) is 5.67. The number of aromatic nitrogens is 2. The van der Waals surface area contributed by atoms with Gasteiger partial charge in [-0.1, -0.05) is 35.2 Å². The van der Waals surface area contributed by atoms with Crippen LogP contribution in [0.5, 0.6) is 5.75 Å². The Labute approximate surface area is 170 Å². The quantitative estimate of drug-likeness (QED) is 0.421. The highest BCUT2D eigenvalue weighted by atomic mass is 32.2. The van der Waals surface area contributed by atoms with Gasteiger partial charge in [-0.25, -0.2) is 0 Å². The second kappa shape index (κ2) is 9.34. The number of nitrogens with one attached hydrogen (secondary N) is 2. The summed E-state index contributed by atoms with van der Waals surface area (Å²) < 4.78 is 6.00. The third-order valence-corrected chi connectivity index (χ3v) is 5.58. The Bertz CT molecular complexity index is 973. The molecule has 9 heteroatoms. The molecule has 0 unspecified atom stereocenters. The van der Waals surface area contributed by atoms with Crippen LogP contribution in [0.3, 0.4) is 0 Å². The molecule has 0 aliphatic rings. The number of nitrogens with zero attached hydrogens (tertiary/aromatic N) is 2. The van der Waals surface area contributed by atoms with E-state index in [2.05, 4.69) is 20.8 Å². The van der Waals surface area contributed by atoms with E-state index in [1.54, 1.807) is 31.4 Å². The van der Waals surface area contributed by atoms with Gasteiger partial charge in [-0.3, -0.25) is 9.59 Å². The van der Waals surface area contributed by atoms with Crippen LogP contribution in [0.2, 0.25) is 0 Å². The highest BCUT2D eigenvalue weighted by Gasteiger charge is 2.11. The first kappa shape index (κ1) is 19.8. The fraction of sp³-hybridized carbons (Fsp3) is 0.158. The van der Waals surface area contributed by atoms with Gasteiger partial charge in [0.25, 0.3) is 0 Å². The van der Waals surface area contributed by atoms with Crippen LogP contribution in [-0.4, -0.2) is 34.8 Å². The molecule has 0 atom stereocenters. The molecule has 1 amide bonds. The van der Waals surface area contributed by atoms with Gasteiger partial charge >= 0.3 is 0 Å². The third kappa shape index (κ3) is 5.30. The van der Waals surface area contributed by atoms with Crippen LogP contribution in [0.1, 0.15) is 17.3 Å². The van der Waals surface area contributed by atoms with Crippen molar-refractivity contribution in [2.24, 2.45) is 0 Å². The van der Waals surface area contributed by atoms with Gasteiger partial charge in [0.1, 0.15) is 5.75 Å². The molecule has 0 saturated heterocycles. The summed E-state index contributed by atoms with van der Waals surface area (Å²) in [4.78, 5) is 23.4. The first-order valence-electron chi connectivity index (χ1n) is 8.32. The van der Waals surface area contributed by atoms with E-state index in [-0.39, 0.29) is 17.4 Å². The Hall–Kier alpha value is -2.91. The van der Waals surface area contributed by atoms with Gasteiger partial charge in [0.05, 0.1) is 18.6 Å². The Morgan fingerprint density at radius 3 is 2.57 bits per heavy atom. The lowest BCUT2D eigenvalue weighted by molar-refractivity contribution is -0.114. The number of hydrogen-bond donors (Lipinski definition) is 2. The van der Waals surface area contributed by atoms with Gasteiger partial charge < -0.3 is 15.4 Å². The maximum atomic E-state index is 12.3. The number of hydrogen-bond acceptors (Lipinski definition) is 8. The van der Waals surface area contributed by atoms with Crippen molar-refractivity contribution in [1.82, 2.24) is 10.2 Å². The number of carbonyl (C=O) groups is 2. The first-order chi connectivity index (χ1) is 13.5. The van der Waals surface area contributed by atoms with Crippen molar-refractivity contribution in [2.75, 3.05) is 23.5 Å². The topological polar surface area (TPSA) is 93.2 Å². The molecular formula is C19H18N4O3S2. The smallest absolute Gasteiger partial charge is 0.221 e. The van der Waals surface area contributed by atoms with E-state index in [1.165, 1.54) is 30.0 Å². The predicted molar refractivity (Wildman–Crippen MR) is 112 cm³/mol. The van der Waals surface area contributed by atoms with Crippen molar-refractivity contribution < 1.29 is 14.3 Å². The maximum Gasteiger partial charge on any atom is 0.221 e. The normalized spacial score (nSPS) is 10.4. The summed E-state index contributed by atoms with van der Waals surface area (Å²) in [5, 5.41) is 14.7. The summed E-state index contributed by atoms with van der Waals surface area (Å²) in [5.74, 6) is 0.796. The predicted octanol–water partition coefficient (Wildman–Crippen LogP) is 4.22. The lowest BCUT2D eigenvalue weighted by Gasteiger charge is -2.07. The zero-order valence-corrected chi connectivity index (χ0v) is 16.9. The molecule has 3 aromatic rings. The number of anilines is 3. The van der Waals surface area contributed by atoms with Crippen LogP contribution in [0.15, 0.2) is 52.9 Å². The number of carbonyl (C=O) groups excluding carboxylic acids is 2. The molecule has 2 aromatic carbocycles. The minimum atomic E-state index is -0.150. The molecule has 3 rings (SSSR count). The summed E-state index contributed by atoms with van der Waals surface area (Å²) in [7, 11) is 1.61. The number of para-hydroxylation sites is 2. The number of thioether (sulfide) groups is 1. The molecule has 0 aliphatic heterocycles. The van der Waals surface area contributed by atoms with Crippen LogP contribution >= 0.6 is 23.1 Å². The Kier molecular flexibility index (Phi) is 6.62. The molecular weight excluding hydrogens is 396 g/mol. The average molecular weight is 415 g/mol. The third-order valence-electron chi connectivity index (χ3n) is 3.61. The zero-order chi connectivity index (χ0) is 19.9. The van der Waals surface area contributed by atoms with E-state index in [4.69, 9.17) is 4.74 Å². The molecule has 0 aliphatic carbocycles. The fourth-order valence-electron chi connectivity index (χ4n) is 2.34. The van der Waals surface area contributed by atoms with Gasteiger partial charge in [0, 0.05) is 18.2 Å². The number of rotatable bonds is 8. The monoisotopic (exact) mass is 414 g/mol. The van der Waals surface area contributed by atoms with E-state index in [9.17, 15) is 9.59 Å². The van der Waals surface area contributed by atoms with Gasteiger partial charge in [0.2, 0.25) is 11.0 Å². The van der Waals surface area contributed by atoms with E-state index < -0.39 is 0 Å². The summed E-state index contributed by atoms with van der Waals surface area (Å²) in [5.41, 5.74) is 2.04. The average Bonchev–Trinajstić information content (AvgIpc) is 3.14. The van der Waals surface area contributed by atoms with Crippen LogP contribution in [-0.2, 0) is 4.79 Å². The molecule has 7 nitrogen and oxygen atoms in total. The molecule has 0 saturated carbocycles. The number of amides is 1. The fourth-order valence-corrected chi connectivity index (χ4v) is 3.99. The second-order valence-corrected chi connectivity index (χ2v) is 7.87. The molecule has 144 valence electrons. The SMILES string of the molecule is COc1ccccc1Nc1nnc(SCC(=O)c2ccc(NC(C)=O)cc2)s1. The largest absolute Gasteiger partial charge is 0.495 e. The zero-order valence-electron chi connectivity index (χ0n) is 15.3. The van der Waals surface area contributed by atoms with Crippen molar-refractivity contribution in [1.29, 1.82) is 0 Å². The molecule has 0 bridgehead atoms. The van der Waals surface area contributed by atoms with Gasteiger partial charge in [-0.05, 0) is 36.4 Å². The molecule has 28 heavy (non-hydrogen) atoms. The van der Waals surface area contributed by atoms with E-state index >= 15 is 0 Å². The number of ether oxygens (including phenoxy) is 1. The highest BCUT2D eigenvalue weighted by Crippen LogP contribution is 2.31. The lowest BCUT2D eigenvalue weighted by Crippen LogP contribution is -2.06. The van der Waals surface area contributed by atoms with Crippen LogP contribution in [0.25, 0.3) is 0 Å². The number of Topliss-reactive ketones (excluding diaryl/α,β-unsaturated/α-hetero) is 1. The van der Waals surface area contributed by atoms with E-state index in [0.717, 1.165) is 5.69 Å². The van der Waals surface area contributed by atoms with Crippen molar-refractivity contribution >= 4 is 51.3 Å². The minimum absolute atomic E-state index is 0.0196. The maximum absolute atomic E-state index is 12.3. The van der Waals surface area contributed by atoms with Crippen LogP contribution in [0.4, 0.5) is 16.5 Å². The van der Waals surface area contributed by atoms with Crippen molar-refractivity contribution in [3.8, 4) is 5.75 Å². The lowest BCUT2D eigenvalue weighted by atomic mass is 10.1. The highest BCUT2D eigenvalue weighted by molar-refractivity contribution is 8.01. The van der Waals surface area contributed by atoms with Gasteiger partial charge in [0.15, 0.2) is 10.1 Å². The standard InChI is InChI=1S/C19H18N4O3S2/c1-12(24)20-14-9-7-13(8-10-14)16(25)11-27-19-23-22-18(28-19)21-15-5-3-4-6-17(15)26-2/h3-10H,11H2,1-2H3,(H,20,24)(H,21,22). The minimum Gasteiger partial charge on any atom is -0.495 e. The first-order valence-corrected chi connectivity index (χ1v) is 10.1. The number of ketones is 1. The van der Waals surface area contributed by atoms with Gasteiger partial charge in [-0.2, -0.15) is 0 Å². The van der Waals surface area contributed by atoms with Crippen LogP contribution < -0.4 is 15.4 Å². The van der Waals surface area contributed by atoms with Crippen molar-refractivity contribution in [3.05, 3.63) is 54.1 Å². The number of benzene rings is 2. The molecule has 1 aromatic heterocycles. The van der Waals surface area contributed by atoms with Crippen LogP contribution in [0, 0.1) is 0 Å². The molecule has 0 fully saturated rings. The summed E-state index contributed by atoms with van der Waals surface area (Å²) >= 11 is 2.70. The van der Waals surface area contributed by atoms with Gasteiger partial charge in [-0.15, -0.1) is 10.2 Å². The molecule has 0 spiro atoms. The summed E-state index contributed by atoms with van der Waals surface area (Å²) in [6, 6.07) is 14.3. The Balaban J connectivity index is 1.56. The Morgan fingerprint density at radius 2 is 1.86 bits per heavy atom. The molecule has 1 heterocycles. The van der Waals surface area contributed by atoms with E-state index in [1.807, 2.05) is 24.3 Å². The van der Waals surface area contributed by atoms with Crippen molar-refractivity contribution in [3.63, 3.8) is 0 Å². The Morgan fingerprint density at radius 1 is 1.11 bits per heavy atom. The molecule has 2 N–H and O–H groups in total. The van der Waals surface area contributed by atoms with E-state index in [0.29, 0.717) is 26.5 Å². The molecule has 0 radical (unpaired) electrons. The summed E-state index contributed by atoms with van der Waals surface area (Å²) in [6.07, 6.45) is 0. The number of methoxy groups -OCH3 is 1. The summed E-state index contributed by atoms with van der Waals surface area (Å²) in [6.45, 7) is 1.44. The van der Waals surface area contributed by atoms with Crippen molar-refractivity contribution in [2.45, 2.75) is 11.3 Å².